The van der Waals surface area contributed by atoms with Crippen LogP contribution < -0.4 is 16.8 Å². The lowest BCUT2D eigenvalue weighted by Crippen LogP contribution is -2.17. The molecule has 0 spiro atoms. The number of fused-ring (bicyclic) bond motifs is 1. The Morgan fingerprint density at radius 1 is 1.35 bits per heavy atom. The molecule has 5 N–H and O–H groups in total. The van der Waals surface area contributed by atoms with E-state index in [0.29, 0.717) is 18.2 Å². The summed E-state index contributed by atoms with van der Waals surface area (Å²) in [6.45, 7) is 2.54. The summed E-state index contributed by atoms with van der Waals surface area (Å²) in [5.74, 6) is 1.16. The van der Waals surface area contributed by atoms with Gasteiger partial charge >= 0.3 is 0 Å². The number of amides is 1. The van der Waals surface area contributed by atoms with Crippen molar-refractivity contribution in [3.8, 4) is 11.3 Å². The van der Waals surface area contributed by atoms with Crippen molar-refractivity contribution in [1.29, 1.82) is 0 Å². The normalized spacial score (nSPS) is 18.7. The summed E-state index contributed by atoms with van der Waals surface area (Å²) in [6.07, 6.45) is 6.00. The first-order valence-corrected chi connectivity index (χ1v) is 8.55. The number of carbonyl (C=O) groups is 1. The SMILES string of the molecule is Cc1ccncc1-c1cc2cc(NC(=O)C3C[C@@H]3CN)ncc2c(N)n1. The van der Waals surface area contributed by atoms with Gasteiger partial charge in [0.05, 0.1) is 5.69 Å². The van der Waals surface area contributed by atoms with Crippen LogP contribution in [0.3, 0.4) is 0 Å². The van der Waals surface area contributed by atoms with Gasteiger partial charge in [0.2, 0.25) is 5.91 Å². The summed E-state index contributed by atoms with van der Waals surface area (Å²) in [6, 6.07) is 5.69. The van der Waals surface area contributed by atoms with E-state index in [2.05, 4.69) is 20.3 Å². The van der Waals surface area contributed by atoms with Crippen LogP contribution in [0.2, 0.25) is 0 Å². The number of hydrogen-bond donors (Lipinski definition) is 3. The summed E-state index contributed by atoms with van der Waals surface area (Å²) >= 11 is 0. The highest BCUT2D eigenvalue weighted by Crippen LogP contribution is 2.38. The lowest BCUT2D eigenvalue weighted by atomic mass is 10.1. The van der Waals surface area contributed by atoms with Gasteiger partial charge in [0.1, 0.15) is 11.6 Å². The predicted octanol–water partition coefficient (Wildman–Crippen LogP) is 2.12. The summed E-state index contributed by atoms with van der Waals surface area (Å²) in [5.41, 5.74) is 14.5. The number of aromatic nitrogens is 3. The first-order valence-electron chi connectivity index (χ1n) is 8.55. The molecular weight excluding hydrogens is 328 g/mol. The molecule has 132 valence electrons. The Kier molecular flexibility index (Phi) is 4.00. The van der Waals surface area contributed by atoms with Gasteiger partial charge < -0.3 is 16.8 Å². The summed E-state index contributed by atoms with van der Waals surface area (Å²) in [7, 11) is 0. The highest BCUT2D eigenvalue weighted by Gasteiger charge is 2.41. The molecule has 0 aliphatic heterocycles. The number of nitrogen functional groups attached to an aromatic ring is 1. The van der Waals surface area contributed by atoms with Crippen LogP contribution in [0.1, 0.15) is 12.0 Å². The van der Waals surface area contributed by atoms with Gasteiger partial charge in [-0.2, -0.15) is 0 Å². The second kappa shape index (κ2) is 6.34. The van der Waals surface area contributed by atoms with E-state index < -0.39 is 0 Å². The van der Waals surface area contributed by atoms with Crippen molar-refractivity contribution in [2.24, 2.45) is 17.6 Å². The van der Waals surface area contributed by atoms with Crippen molar-refractivity contribution in [2.45, 2.75) is 13.3 Å². The zero-order valence-corrected chi connectivity index (χ0v) is 14.4. The summed E-state index contributed by atoms with van der Waals surface area (Å²) in [4.78, 5) is 25.2. The average molecular weight is 348 g/mol. The molecule has 26 heavy (non-hydrogen) atoms. The van der Waals surface area contributed by atoms with Gasteiger partial charge in [-0.05, 0) is 55.0 Å². The highest BCUT2D eigenvalue weighted by atomic mass is 16.2. The average Bonchev–Trinajstić information content (AvgIpc) is 3.42. The van der Waals surface area contributed by atoms with Crippen LogP contribution >= 0.6 is 0 Å². The van der Waals surface area contributed by atoms with Crippen molar-refractivity contribution >= 4 is 28.3 Å². The van der Waals surface area contributed by atoms with E-state index in [1.165, 1.54) is 0 Å². The minimum atomic E-state index is -0.0299. The minimum absolute atomic E-state index is 0.00592. The van der Waals surface area contributed by atoms with Crippen molar-refractivity contribution in [1.82, 2.24) is 15.0 Å². The molecule has 7 nitrogen and oxygen atoms in total. The number of rotatable bonds is 4. The molecule has 1 aliphatic rings. The Morgan fingerprint density at radius 3 is 2.92 bits per heavy atom. The molecule has 0 radical (unpaired) electrons. The van der Waals surface area contributed by atoms with Gasteiger partial charge in [-0.15, -0.1) is 0 Å². The van der Waals surface area contributed by atoms with E-state index in [4.69, 9.17) is 11.5 Å². The van der Waals surface area contributed by atoms with Crippen LogP contribution in [0, 0.1) is 18.8 Å². The Balaban J connectivity index is 1.68. The quantitative estimate of drug-likeness (QED) is 0.664. The smallest absolute Gasteiger partial charge is 0.228 e. The van der Waals surface area contributed by atoms with E-state index in [0.717, 1.165) is 34.0 Å². The molecule has 1 saturated carbocycles. The van der Waals surface area contributed by atoms with Gasteiger partial charge in [-0.3, -0.25) is 9.78 Å². The van der Waals surface area contributed by atoms with E-state index in [1.807, 2.05) is 25.1 Å². The zero-order valence-electron chi connectivity index (χ0n) is 14.4. The number of nitrogens with one attached hydrogen (secondary N) is 1. The fourth-order valence-electron chi connectivity index (χ4n) is 3.16. The lowest BCUT2D eigenvalue weighted by Gasteiger charge is -2.10. The molecule has 1 aliphatic carbocycles. The van der Waals surface area contributed by atoms with Gasteiger partial charge in [0.25, 0.3) is 0 Å². The highest BCUT2D eigenvalue weighted by molar-refractivity contribution is 5.98. The van der Waals surface area contributed by atoms with Crippen LogP contribution in [0.4, 0.5) is 11.6 Å². The Hall–Kier alpha value is -3.06. The van der Waals surface area contributed by atoms with Crippen molar-refractivity contribution < 1.29 is 4.79 Å². The molecule has 7 heteroatoms. The van der Waals surface area contributed by atoms with Crippen LogP contribution in [-0.2, 0) is 4.79 Å². The van der Waals surface area contributed by atoms with Crippen molar-refractivity contribution in [3.63, 3.8) is 0 Å². The lowest BCUT2D eigenvalue weighted by molar-refractivity contribution is -0.117. The first-order chi connectivity index (χ1) is 12.6. The monoisotopic (exact) mass is 348 g/mol. The number of nitrogens with two attached hydrogens (primary N) is 2. The maximum Gasteiger partial charge on any atom is 0.228 e. The maximum absolute atomic E-state index is 12.2. The summed E-state index contributed by atoms with van der Waals surface area (Å²) < 4.78 is 0. The third-order valence-corrected chi connectivity index (χ3v) is 4.87. The topological polar surface area (TPSA) is 120 Å². The predicted molar refractivity (Wildman–Crippen MR) is 101 cm³/mol. The van der Waals surface area contributed by atoms with E-state index in [9.17, 15) is 4.79 Å². The number of pyridine rings is 3. The third-order valence-electron chi connectivity index (χ3n) is 4.87. The Labute approximate surface area is 150 Å². The number of anilines is 2. The van der Waals surface area contributed by atoms with Gasteiger partial charge in [-0.25, -0.2) is 9.97 Å². The largest absolute Gasteiger partial charge is 0.383 e. The van der Waals surface area contributed by atoms with Crippen LogP contribution in [-0.4, -0.2) is 27.4 Å². The van der Waals surface area contributed by atoms with Gasteiger partial charge in [0, 0.05) is 35.5 Å². The molecule has 1 fully saturated rings. The van der Waals surface area contributed by atoms with Gasteiger partial charge in [0.15, 0.2) is 0 Å². The molecule has 0 saturated heterocycles. The fourth-order valence-corrected chi connectivity index (χ4v) is 3.16. The third kappa shape index (κ3) is 2.97. The van der Waals surface area contributed by atoms with Crippen LogP contribution in [0.25, 0.3) is 22.0 Å². The molecule has 4 rings (SSSR count). The van der Waals surface area contributed by atoms with Crippen LogP contribution in [0.15, 0.2) is 36.8 Å². The molecule has 0 aromatic carbocycles. The molecular formula is C19H20N6O. The Morgan fingerprint density at radius 2 is 2.19 bits per heavy atom. The summed E-state index contributed by atoms with van der Waals surface area (Å²) in [5, 5.41) is 4.49. The second-order valence-corrected chi connectivity index (χ2v) is 6.70. The van der Waals surface area contributed by atoms with Crippen LogP contribution in [0.5, 0.6) is 0 Å². The van der Waals surface area contributed by atoms with Gasteiger partial charge in [-0.1, -0.05) is 0 Å². The number of aryl methyl sites for hydroxylation is 1. The number of hydrogen-bond acceptors (Lipinski definition) is 6. The second-order valence-electron chi connectivity index (χ2n) is 6.70. The minimum Gasteiger partial charge on any atom is -0.383 e. The number of nitrogens with zero attached hydrogens (tertiary/aromatic N) is 3. The zero-order chi connectivity index (χ0) is 18.3. The molecule has 3 heterocycles. The van der Waals surface area contributed by atoms with E-state index in [1.54, 1.807) is 18.6 Å². The van der Waals surface area contributed by atoms with E-state index >= 15 is 0 Å². The molecule has 3 aromatic rings. The first kappa shape index (κ1) is 16.4. The van der Waals surface area contributed by atoms with Crippen molar-refractivity contribution in [3.05, 3.63) is 42.4 Å². The standard InChI is InChI=1S/C19H20N6O/c1-10-2-3-22-8-14(10)16-5-11-6-17(23-9-15(11)18(21)24-16)25-19(26)13-4-12(13)7-20/h2-3,5-6,8-9,12-13H,4,7,20H2,1H3,(H2,21,24)(H,23,25,26)/t12-,13?/m1/s1. The van der Waals surface area contributed by atoms with E-state index in [-0.39, 0.29) is 17.7 Å². The Bertz CT molecular complexity index is 1000. The fraction of sp³-hybridized carbons (Fsp3) is 0.263. The molecule has 1 amide bonds. The molecule has 3 aromatic heterocycles. The maximum atomic E-state index is 12.2. The number of carbonyl (C=O) groups excluding carboxylic acids is 1. The molecule has 0 bridgehead atoms. The van der Waals surface area contributed by atoms with Crippen molar-refractivity contribution in [2.75, 3.05) is 17.6 Å². The molecule has 2 atom stereocenters. The molecule has 1 unspecified atom stereocenters.